The number of ether oxygens (including phenoxy) is 1. The molecule has 0 radical (unpaired) electrons. The van der Waals surface area contributed by atoms with Crippen LogP contribution in [0.2, 0.25) is 5.02 Å². The third-order valence-corrected chi connectivity index (χ3v) is 7.51. The van der Waals surface area contributed by atoms with Gasteiger partial charge in [0.25, 0.3) is 0 Å². The molecule has 0 bridgehead atoms. The summed E-state index contributed by atoms with van der Waals surface area (Å²) in [5, 5.41) is 5.72. The number of anilines is 3. The number of alkyl halides is 1. The van der Waals surface area contributed by atoms with Gasteiger partial charge in [-0.25, -0.2) is 23.1 Å². The van der Waals surface area contributed by atoms with Crippen LogP contribution in [-0.4, -0.2) is 50.9 Å². The lowest BCUT2D eigenvalue weighted by Gasteiger charge is -2.35. The van der Waals surface area contributed by atoms with Crippen LogP contribution in [-0.2, 0) is 9.53 Å². The molecular weight excluding hydrogens is 511 g/mol. The van der Waals surface area contributed by atoms with Crippen molar-refractivity contribution in [1.82, 2.24) is 19.5 Å². The van der Waals surface area contributed by atoms with Crippen LogP contribution in [0.4, 0.5) is 30.8 Å². The Balaban J connectivity index is 1.54. The summed E-state index contributed by atoms with van der Waals surface area (Å²) in [5.41, 5.74) is 5.36. The van der Waals surface area contributed by atoms with E-state index in [9.17, 15) is 18.0 Å². The zero-order valence-corrected chi connectivity index (χ0v) is 20.9. The number of benzene rings is 1. The van der Waals surface area contributed by atoms with E-state index in [-0.39, 0.29) is 35.5 Å². The average Bonchev–Trinajstić information content (AvgIpc) is 3.20. The number of carbonyl (C=O) groups excluding carboxylic acids is 1. The minimum Gasteiger partial charge on any atom is -0.378 e. The minimum absolute atomic E-state index is 0.00909. The van der Waals surface area contributed by atoms with Gasteiger partial charge in [0, 0.05) is 23.1 Å². The van der Waals surface area contributed by atoms with Gasteiger partial charge in [0.05, 0.1) is 18.8 Å². The van der Waals surface area contributed by atoms with Gasteiger partial charge >= 0.3 is 0 Å². The van der Waals surface area contributed by atoms with E-state index in [0.717, 1.165) is 12.1 Å². The van der Waals surface area contributed by atoms with Gasteiger partial charge in [-0.15, -0.1) is 0 Å². The van der Waals surface area contributed by atoms with Gasteiger partial charge < -0.3 is 21.1 Å². The van der Waals surface area contributed by atoms with E-state index >= 15 is 0 Å². The maximum atomic E-state index is 14.6. The zero-order chi connectivity index (χ0) is 26.3. The number of halogens is 4. The Bertz CT molecular complexity index is 1310. The SMILES string of the molecule is C[C@]1(C(N)=O)CC[C@H](n2c(Nc3c(F)cc(Cl)cc3F)nc3cnc(N[C@H]4CCOC[C@H]4F)nc32)CC1. The van der Waals surface area contributed by atoms with E-state index < -0.39 is 35.0 Å². The van der Waals surface area contributed by atoms with Gasteiger partial charge in [0.15, 0.2) is 17.3 Å². The molecule has 2 fully saturated rings. The molecule has 37 heavy (non-hydrogen) atoms. The van der Waals surface area contributed by atoms with Gasteiger partial charge in [0.2, 0.25) is 17.8 Å². The predicted octanol–water partition coefficient (Wildman–Crippen LogP) is 4.65. The molecule has 5 rings (SSSR count). The van der Waals surface area contributed by atoms with Crippen LogP contribution in [0.5, 0.6) is 0 Å². The number of imidazole rings is 1. The van der Waals surface area contributed by atoms with Gasteiger partial charge in [-0.3, -0.25) is 9.36 Å². The smallest absolute Gasteiger partial charge is 0.225 e. The average molecular weight is 538 g/mol. The highest BCUT2D eigenvalue weighted by Crippen LogP contribution is 2.43. The topological polar surface area (TPSA) is 120 Å². The van der Waals surface area contributed by atoms with Crippen LogP contribution in [0, 0.1) is 17.0 Å². The highest BCUT2D eigenvalue weighted by atomic mass is 35.5. The van der Waals surface area contributed by atoms with Crippen molar-refractivity contribution in [2.24, 2.45) is 11.1 Å². The van der Waals surface area contributed by atoms with Crippen molar-refractivity contribution < 1.29 is 22.7 Å². The molecule has 2 atom stereocenters. The van der Waals surface area contributed by atoms with Crippen molar-refractivity contribution >= 4 is 46.3 Å². The first-order chi connectivity index (χ1) is 17.6. The molecule has 9 nitrogen and oxygen atoms in total. The van der Waals surface area contributed by atoms with Crippen LogP contribution >= 0.6 is 11.6 Å². The van der Waals surface area contributed by atoms with Crippen LogP contribution in [0.1, 0.15) is 45.1 Å². The third-order valence-electron chi connectivity index (χ3n) is 7.30. The Hall–Kier alpha value is -3.12. The second kappa shape index (κ2) is 9.97. The molecule has 2 aliphatic rings. The Morgan fingerprint density at radius 1 is 1.22 bits per heavy atom. The molecule has 1 saturated carbocycles. The van der Waals surface area contributed by atoms with E-state index in [1.807, 2.05) is 6.92 Å². The van der Waals surface area contributed by atoms with E-state index in [4.69, 9.17) is 22.1 Å². The predicted molar refractivity (Wildman–Crippen MR) is 133 cm³/mol. The highest BCUT2D eigenvalue weighted by molar-refractivity contribution is 6.30. The lowest BCUT2D eigenvalue weighted by atomic mass is 9.73. The first-order valence-corrected chi connectivity index (χ1v) is 12.5. The molecular formula is C24H27ClF3N7O2. The molecule has 0 spiro atoms. The summed E-state index contributed by atoms with van der Waals surface area (Å²) in [5.74, 6) is -1.76. The fourth-order valence-electron chi connectivity index (χ4n) is 4.94. The third kappa shape index (κ3) is 5.04. The Morgan fingerprint density at radius 2 is 1.92 bits per heavy atom. The van der Waals surface area contributed by atoms with Crippen LogP contribution < -0.4 is 16.4 Å². The Kier molecular flexibility index (Phi) is 6.88. The molecule has 1 amide bonds. The number of carbonyl (C=O) groups is 1. The van der Waals surface area contributed by atoms with Crippen molar-refractivity contribution in [3.05, 3.63) is 35.0 Å². The van der Waals surface area contributed by atoms with Crippen LogP contribution in [0.15, 0.2) is 18.3 Å². The number of nitrogens with one attached hydrogen (secondary N) is 2. The molecule has 1 aliphatic carbocycles. The van der Waals surface area contributed by atoms with Crippen molar-refractivity contribution in [3.8, 4) is 0 Å². The molecule has 3 heterocycles. The number of nitrogens with zero attached hydrogens (tertiary/aromatic N) is 4. The summed E-state index contributed by atoms with van der Waals surface area (Å²) < 4.78 is 50.5. The number of fused-ring (bicyclic) bond motifs is 1. The van der Waals surface area contributed by atoms with E-state index in [2.05, 4.69) is 25.6 Å². The lowest BCUT2D eigenvalue weighted by Crippen LogP contribution is -2.39. The quantitative estimate of drug-likeness (QED) is 0.419. The van der Waals surface area contributed by atoms with Crippen molar-refractivity contribution in [2.75, 3.05) is 23.8 Å². The maximum Gasteiger partial charge on any atom is 0.225 e. The molecule has 1 aliphatic heterocycles. The number of aromatic nitrogens is 4. The molecule has 1 saturated heterocycles. The lowest BCUT2D eigenvalue weighted by molar-refractivity contribution is -0.128. The van der Waals surface area contributed by atoms with E-state index in [0.29, 0.717) is 49.9 Å². The zero-order valence-electron chi connectivity index (χ0n) is 20.1. The summed E-state index contributed by atoms with van der Waals surface area (Å²) in [6.45, 7) is 2.25. The first kappa shape index (κ1) is 25.5. The molecule has 13 heteroatoms. The largest absolute Gasteiger partial charge is 0.378 e. The summed E-state index contributed by atoms with van der Waals surface area (Å²) in [7, 11) is 0. The molecule has 4 N–H and O–H groups in total. The molecule has 0 unspecified atom stereocenters. The Morgan fingerprint density at radius 3 is 2.57 bits per heavy atom. The fourth-order valence-corrected chi connectivity index (χ4v) is 5.14. The first-order valence-electron chi connectivity index (χ1n) is 12.1. The van der Waals surface area contributed by atoms with Crippen LogP contribution in [0.3, 0.4) is 0 Å². The number of rotatable bonds is 6. The number of amides is 1. The number of hydrogen-bond acceptors (Lipinski definition) is 7. The molecule has 3 aromatic rings. The monoisotopic (exact) mass is 537 g/mol. The second-order valence-electron chi connectivity index (χ2n) is 9.86. The number of hydrogen-bond donors (Lipinski definition) is 3. The summed E-state index contributed by atoms with van der Waals surface area (Å²) in [6.07, 6.45) is 2.89. The summed E-state index contributed by atoms with van der Waals surface area (Å²) in [4.78, 5) is 25.4. The normalized spacial score (nSPS) is 26.2. The van der Waals surface area contributed by atoms with Gasteiger partial charge in [0.1, 0.15) is 17.4 Å². The number of primary amides is 1. The number of nitrogens with two attached hydrogens (primary N) is 1. The van der Waals surface area contributed by atoms with Crippen LogP contribution in [0.25, 0.3) is 11.2 Å². The van der Waals surface area contributed by atoms with Crippen molar-refractivity contribution in [3.63, 3.8) is 0 Å². The van der Waals surface area contributed by atoms with Gasteiger partial charge in [-0.1, -0.05) is 18.5 Å². The van der Waals surface area contributed by atoms with Crippen molar-refractivity contribution in [1.29, 1.82) is 0 Å². The Labute approximate surface area is 215 Å². The minimum atomic E-state index is -1.21. The van der Waals surface area contributed by atoms with Gasteiger partial charge in [-0.05, 0) is 44.2 Å². The summed E-state index contributed by atoms with van der Waals surface area (Å²) in [6, 6.07) is 1.30. The second-order valence-corrected chi connectivity index (χ2v) is 10.3. The van der Waals surface area contributed by atoms with E-state index in [1.165, 1.54) is 6.20 Å². The molecule has 2 aromatic heterocycles. The molecule has 1 aromatic carbocycles. The standard InChI is InChI=1S/C24H27ClF3N7O2/c1-24(21(29)36)5-2-13(3-6-24)35-20-18(10-30-22(34-20)31-17-4-7-37-11-16(17)28)32-23(35)33-19-14(26)8-12(25)9-15(19)27/h8-10,13,16-17H,2-7,11H2,1H3,(H2,29,36)(H,32,33)(H,30,31,34)/t13-,16-,17+,24-/m1/s1. The van der Waals surface area contributed by atoms with Gasteiger partial charge in [-0.2, -0.15) is 4.98 Å². The maximum absolute atomic E-state index is 14.6. The van der Waals surface area contributed by atoms with E-state index in [1.54, 1.807) is 4.57 Å². The fraction of sp³-hybridized carbons (Fsp3) is 0.500. The summed E-state index contributed by atoms with van der Waals surface area (Å²) >= 11 is 5.78. The van der Waals surface area contributed by atoms with Crippen molar-refractivity contribution in [2.45, 2.75) is 57.3 Å². The molecule has 198 valence electrons. The highest BCUT2D eigenvalue weighted by Gasteiger charge is 2.38.